The summed E-state index contributed by atoms with van der Waals surface area (Å²) in [6, 6.07) is 2.17. The summed E-state index contributed by atoms with van der Waals surface area (Å²) in [4.78, 5) is 1.60. The Morgan fingerprint density at radius 2 is 2.31 bits per heavy atom. The van der Waals surface area contributed by atoms with Crippen LogP contribution in [0.2, 0.25) is 0 Å². The van der Waals surface area contributed by atoms with Crippen molar-refractivity contribution in [3.63, 3.8) is 0 Å². The molecule has 1 rings (SSSR count). The number of halogens is 2. The Morgan fingerprint density at radius 1 is 1.62 bits per heavy atom. The van der Waals surface area contributed by atoms with Crippen molar-refractivity contribution in [2.45, 2.75) is 37.6 Å². The van der Waals surface area contributed by atoms with Crippen molar-refractivity contribution in [1.29, 1.82) is 5.26 Å². The zero-order valence-electron chi connectivity index (χ0n) is 9.63. The maximum atomic E-state index is 12.1. The first kappa shape index (κ1) is 13.3. The minimum atomic E-state index is -2.30. The fourth-order valence-electron chi connectivity index (χ4n) is 2.35. The number of nitrogens with zero attached hydrogens (tertiary/aromatic N) is 2. The van der Waals surface area contributed by atoms with Gasteiger partial charge in [-0.2, -0.15) is 5.26 Å². The Balaban J connectivity index is 2.35. The van der Waals surface area contributed by atoms with Gasteiger partial charge in [-0.15, -0.1) is 0 Å². The molecule has 0 radical (unpaired) electrons. The van der Waals surface area contributed by atoms with E-state index < -0.39 is 12.0 Å². The molecule has 5 heteroatoms. The number of nitriles is 1. The summed E-state index contributed by atoms with van der Waals surface area (Å²) in [5.41, 5.74) is 5.23. The maximum absolute atomic E-state index is 12.1. The lowest BCUT2D eigenvalue weighted by molar-refractivity contribution is 0.0967. The minimum absolute atomic E-state index is 0.151. The summed E-state index contributed by atoms with van der Waals surface area (Å²) < 4.78 is 24.2. The molecule has 92 valence electrons. The molecule has 0 heterocycles. The summed E-state index contributed by atoms with van der Waals surface area (Å²) >= 11 is 0. The molecule has 3 nitrogen and oxygen atoms in total. The van der Waals surface area contributed by atoms with Crippen molar-refractivity contribution < 1.29 is 8.78 Å². The van der Waals surface area contributed by atoms with E-state index in [4.69, 9.17) is 11.0 Å². The van der Waals surface area contributed by atoms with Crippen LogP contribution < -0.4 is 5.73 Å². The average Bonchev–Trinajstić information content (AvgIpc) is 2.57. The minimum Gasteiger partial charge on any atom is -0.313 e. The van der Waals surface area contributed by atoms with E-state index >= 15 is 0 Å². The van der Waals surface area contributed by atoms with Crippen LogP contribution in [0.3, 0.4) is 0 Å². The third-order valence-electron chi connectivity index (χ3n) is 3.39. The summed E-state index contributed by atoms with van der Waals surface area (Å²) in [5.74, 6) is 0.151. The lowest BCUT2D eigenvalue weighted by atomic mass is 9.87. The van der Waals surface area contributed by atoms with E-state index in [2.05, 4.69) is 6.07 Å². The van der Waals surface area contributed by atoms with Crippen molar-refractivity contribution in [2.75, 3.05) is 20.1 Å². The van der Waals surface area contributed by atoms with E-state index in [1.54, 1.807) is 11.9 Å². The monoisotopic (exact) mass is 231 g/mol. The summed E-state index contributed by atoms with van der Waals surface area (Å²) in [5, 5.41) is 9.00. The van der Waals surface area contributed by atoms with Crippen molar-refractivity contribution in [1.82, 2.24) is 4.90 Å². The van der Waals surface area contributed by atoms with Crippen LogP contribution >= 0.6 is 0 Å². The molecule has 0 aromatic heterocycles. The van der Waals surface area contributed by atoms with Gasteiger partial charge in [0.05, 0.1) is 12.6 Å². The number of alkyl halides is 2. The molecule has 2 atom stereocenters. The molecule has 0 aromatic rings. The first-order valence-corrected chi connectivity index (χ1v) is 5.65. The average molecular weight is 231 g/mol. The molecule has 0 aliphatic heterocycles. The van der Waals surface area contributed by atoms with Crippen LogP contribution in [0.15, 0.2) is 0 Å². The van der Waals surface area contributed by atoms with E-state index in [0.717, 1.165) is 25.7 Å². The van der Waals surface area contributed by atoms with Gasteiger partial charge in [0.2, 0.25) is 0 Å². The van der Waals surface area contributed by atoms with Crippen molar-refractivity contribution in [3.05, 3.63) is 0 Å². The van der Waals surface area contributed by atoms with Gasteiger partial charge in [-0.1, -0.05) is 6.42 Å². The van der Waals surface area contributed by atoms with Gasteiger partial charge in [-0.3, -0.25) is 0 Å². The highest BCUT2D eigenvalue weighted by molar-refractivity contribution is 5.11. The van der Waals surface area contributed by atoms with E-state index in [-0.39, 0.29) is 12.5 Å². The van der Waals surface area contributed by atoms with E-state index in [0.29, 0.717) is 6.54 Å². The fraction of sp³-hybridized carbons (Fsp3) is 0.909. The third-order valence-corrected chi connectivity index (χ3v) is 3.39. The lowest BCUT2D eigenvalue weighted by Gasteiger charge is -2.26. The molecule has 1 saturated carbocycles. The van der Waals surface area contributed by atoms with Gasteiger partial charge < -0.3 is 10.6 Å². The highest BCUT2D eigenvalue weighted by atomic mass is 19.3. The SMILES string of the molecule is CN(CCC1CCCC1(N)C#N)CC(F)F. The van der Waals surface area contributed by atoms with Crippen LogP contribution in [-0.2, 0) is 0 Å². The van der Waals surface area contributed by atoms with Crippen LogP contribution in [0.25, 0.3) is 0 Å². The predicted molar refractivity (Wildman–Crippen MR) is 58.0 cm³/mol. The summed E-state index contributed by atoms with van der Waals surface area (Å²) in [7, 11) is 1.67. The lowest BCUT2D eigenvalue weighted by Crippen LogP contribution is -2.43. The molecule has 0 amide bonds. The van der Waals surface area contributed by atoms with Crippen LogP contribution in [-0.4, -0.2) is 37.0 Å². The van der Waals surface area contributed by atoms with Crippen molar-refractivity contribution in [3.8, 4) is 6.07 Å². The number of nitrogens with two attached hydrogens (primary N) is 1. The Kier molecular flexibility index (Phi) is 4.63. The van der Waals surface area contributed by atoms with Gasteiger partial charge in [0.25, 0.3) is 6.43 Å². The Hall–Kier alpha value is -0.730. The zero-order chi connectivity index (χ0) is 12.2. The Morgan fingerprint density at radius 3 is 2.88 bits per heavy atom. The second kappa shape index (κ2) is 5.55. The maximum Gasteiger partial charge on any atom is 0.251 e. The highest BCUT2D eigenvalue weighted by Gasteiger charge is 2.39. The smallest absolute Gasteiger partial charge is 0.251 e. The van der Waals surface area contributed by atoms with Gasteiger partial charge in [0.15, 0.2) is 0 Å². The van der Waals surface area contributed by atoms with E-state index in [1.165, 1.54) is 0 Å². The molecule has 0 aromatic carbocycles. The van der Waals surface area contributed by atoms with Gasteiger partial charge >= 0.3 is 0 Å². The zero-order valence-corrected chi connectivity index (χ0v) is 9.63. The molecule has 0 bridgehead atoms. The molecule has 0 spiro atoms. The quantitative estimate of drug-likeness (QED) is 0.781. The summed E-state index contributed by atoms with van der Waals surface area (Å²) in [6.07, 6.45) is 1.06. The largest absolute Gasteiger partial charge is 0.313 e. The number of rotatable bonds is 5. The third kappa shape index (κ3) is 3.39. The van der Waals surface area contributed by atoms with E-state index in [1.807, 2.05) is 0 Å². The van der Waals surface area contributed by atoms with E-state index in [9.17, 15) is 8.78 Å². The topological polar surface area (TPSA) is 53.0 Å². The Bertz CT molecular complexity index is 264. The molecule has 16 heavy (non-hydrogen) atoms. The van der Waals surface area contributed by atoms with Crippen LogP contribution in [0.5, 0.6) is 0 Å². The van der Waals surface area contributed by atoms with Gasteiger partial charge in [-0.25, -0.2) is 8.78 Å². The molecule has 1 aliphatic carbocycles. The molecule has 1 aliphatic rings. The van der Waals surface area contributed by atoms with Gasteiger partial charge in [-0.05, 0) is 38.8 Å². The highest BCUT2D eigenvalue weighted by Crippen LogP contribution is 2.35. The van der Waals surface area contributed by atoms with Gasteiger partial charge in [0.1, 0.15) is 5.54 Å². The molecule has 0 saturated heterocycles. The standard InChI is InChI=1S/C11H19F2N3/c1-16(7-10(12)13)6-4-9-3-2-5-11(9,15)8-14/h9-10H,2-7,15H2,1H3. The second-order valence-electron chi connectivity index (χ2n) is 4.68. The van der Waals surface area contributed by atoms with Crippen molar-refractivity contribution >= 4 is 0 Å². The van der Waals surface area contributed by atoms with Crippen LogP contribution in [0, 0.1) is 17.2 Å². The number of hydrogen-bond donors (Lipinski definition) is 1. The summed E-state index contributed by atoms with van der Waals surface area (Å²) in [6.45, 7) is 0.368. The molecular weight excluding hydrogens is 212 g/mol. The normalized spacial score (nSPS) is 29.9. The van der Waals surface area contributed by atoms with Crippen molar-refractivity contribution in [2.24, 2.45) is 11.7 Å². The molecule has 2 unspecified atom stereocenters. The predicted octanol–water partition coefficient (Wildman–Crippen LogP) is 1.59. The molecular formula is C11H19F2N3. The van der Waals surface area contributed by atoms with Crippen LogP contribution in [0.4, 0.5) is 8.78 Å². The molecule has 1 fully saturated rings. The molecule has 2 N–H and O–H groups in total. The Labute approximate surface area is 95.2 Å². The fourth-order valence-corrected chi connectivity index (χ4v) is 2.35. The number of hydrogen-bond acceptors (Lipinski definition) is 3. The second-order valence-corrected chi connectivity index (χ2v) is 4.68. The first-order chi connectivity index (χ1) is 7.48. The first-order valence-electron chi connectivity index (χ1n) is 5.65. The van der Waals surface area contributed by atoms with Crippen LogP contribution in [0.1, 0.15) is 25.7 Å². The van der Waals surface area contributed by atoms with Gasteiger partial charge in [0, 0.05) is 0 Å².